The van der Waals surface area contributed by atoms with Crippen LogP contribution >= 0.6 is 0 Å². The Kier molecular flexibility index (Phi) is 7.72. The van der Waals surface area contributed by atoms with E-state index in [4.69, 9.17) is 14.2 Å². The number of hydrogen-bond acceptors (Lipinski definition) is 5. The Hall–Kier alpha value is -1.79. The zero-order valence-corrected chi connectivity index (χ0v) is 19.9. The highest BCUT2D eigenvalue weighted by atomic mass is 16.7. The summed E-state index contributed by atoms with van der Waals surface area (Å²) in [6, 6.07) is 6.70. The molecule has 3 aliphatic heterocycles. The second kappa shape index (κ2) is 11.1. The second-order valence-corrected chi connectivity index (χ2v) is 10.6. The maximum atomic E-state index is 12.4. The highest BCUT2D eigenvalue weighted by Crippen LogP contribution is 2.42. The lowest BCUT2D eigenvalue weighted by atomic mass is 9.83. The molecule has 1 saturated carbocycles. The Balaban J connectivity index is 0.980. The number of piperidine rings is 1. The van der Waals surface area contributed by atoms with Crippen LogP contribution in [0.3, 0.4) is 0 Å². The monoisotopic (exact) mass is 456 g/mol. The summed E-state index contributed by atoms with van der Waals surface area (Å²) in [4.78, 5) is 15.0. The number of rotatable bonds is 7. The lowest BCUT2D eigenvalue weighted by Gasteiger charge is -2.35. The van der Waals surface area contributed by atoms with Crippen LogP contribution in [0.25, 0.3) is 0 Å². The molecule has 2 saturated heterocycles. The first-order chi connectivity index (χ1) is 16.2. The van der Waals surface area contributed by atoms with Gasteiger partial charge in [0, 0.05) is 31.2 Å². The molecule has 33 heavy (non-hydrogen) atoms. The number of ether oxygens (including phenoxy) is 3. The number of carbonyl (C=O) groups excluding carboxylic acids is 1. The molecule has 1 aromatic rings. The van der Waals surface area contributed by atoms with E-state index in [1.54, 1.807) is 0 Å². The summed E-state index contributed by atoms with van der Waals surface area (Å²) in [6.45, 7) is 5.53. The fourth-order valence-electron chi connectivity index (χ4n) is 6.22. The maximum absolute atomic E-state index is 12.4. The Morgan fingerprint density at radius 2 is 1.85 bits per heavy atom. The minimum Gasteiger partial charge on any atom is -0.454 e. The molecule has 0 unspecified atom stereocenters. The highest BCUT2D eigenvalue weighted by Gasteiger charge is 2.28. The minimum atomic E-state index is 0.234. The van der Waals surface area contributed by atoms with Gasteiger partial charge < -0.3 is 24.4 Å². The van der Waals surface area contributed by atoms with E-state index in [-0.39, 0.29) is 5.91 Å². The first-order valence-electron chi connectivity index (χ1n) is 13.2. The number of amides is 1. The van der Waals surface area contributed by atoms with Crippen LogP contribution in [-0.2, 0) is 9.53 Å². The molecule has 1 atom stereocenters. The van der Waals surface area contributed by atoms with Gasteiger partial charge in [0.2, 0.25) is 12.7 Å². The first kappa shape index (κ1) is 23.0. The van der Waals surface area contributed by atoms with Crippen LogP contribution in [0.1, 0.15) is 75.7 Å². The summed E-state index contributed by atoms with van der Waals surface area (Å²) in [5.74, 6) is 3.93. The predicted molar refractivity (Wildman–Crippen MR) is 128 cm³/mol. The van der Waals surface area contributed by atoms with Gasteiger partial charge in [0.25, 0.3) is 0 Å². The number of hydrogen-bond donors (Lipinski definition) is 1. The molecule has 3 fully saturated rings. The Morgan fingerprint density at radius 3 is 2.64 bits per heavy atom. The molecular weight excluding hydrogens is 416 g/mol. The lowest BCUT2D eigenvalue weighted by Crippen LogP contribution is -2.39. The van der Waals surface area contributed by atoms with Crippen LogP contribution < -0.4 is 14.8 Å². The number of benzene rings is 1. The summed E-state index contributed by atoms with van der Waals surface area (Å²) >= 11 is 0. The maximum Gasteiger partial charge on any atom is 0.231 e. The number of para-hydroxylation sites is 1. The van der Waals surface area contributed by atoms with Crippen LogP contribution in [-0.4, -0.2) is 56.5 Å². The molecule has 0 spiro atoms. The van der Waals surface area contributed by atoms with Crippen LogP contribution in [0, 0.1) is 11.8 Å². The molecule has 0 bridgehead atoms. The van der Waals surface area contributed by atoms with Gasteiger partial charge in [-0.15, -0.1) is 0 Å². The van der Waals surface area contributed by atoms with Crippen LogP contribution in [0.15, 0.2) is 18.2 Å². The van der Waals surface area contributed by atoms with Gasteiger partial charge in [0.1, 0.15) is 0 Å². The average molecular weight is 457 g/mol. The van der Waals surface area contributed by atoms with Crippen molar-refractivity contribution in [2.75, 3.05) is 39.6 Å². The molecule has 4 aliphatic rings. The quantitative estimate of drug-likeness (QED) is 0.656. The van der Waals surface area contributed by atoms with E-state index in [0.29, 0.717) is 31.1 Å². The fourth-order valence-corrected chi connectivity index (χ4v) is 6.22. The molecule has 0 radical (unpaired) electrons. The molecule has 1 aromatic carbocycles. The Morgan fingerprint density at radius 1 is 1.00 bits per heavy atom. The molecule has 0 aromatic heterocycles. The topological polar surface area (TPSA) is 60.0 Å². The summed E-state index contributed by atoms with van der Waals surface area (Å²) < 4.78 is 16.8. The lowest BCUT2D eigenvalue weighted by molar-refractivity contribution is -0.124. The standard InChI is InChI=1S/C27H40N2O4/c30-26(17-21-3-2-16-31-18-21)28-23-8-6-20(7-9-23)10-13-29-14-11-22(12-15-29)24-4-1-5-25-27(24)33-19-32-25/h1,4-5,20-23H,2-3,6-19H2,(H,28,30)/t20?,21-,23?/m1/s1. The predicted octanol–water partition coefficient (Wildman–Crippen LogP) is 4.48. The van der Waals surface area contributed by atoms with Gasteiger partial charge in [-0.2, -0.15) is 0 Å². The van der Waals surface area contributed by atoms with Crippen molar-refractivity contribution in [3.8, 4) is 11.5 Å². The van der Waals surface area contributed by atoms with Crippen molar-refractivity contribution >= 4 is 5.91 Å². The number of carbonyl (C=O) groups is 1. The van der Waals surface area contributed by atoms with E-state index < -0.39 is 0 Å². The first-order valence-corrected chi connectivity index (χ1v) is 13.2. The minimum absolute atomic E-state index is 0.234. The zero-order valence-electron chi connectivity index (χ0n) is 19.9. The van der Waals surface area contributed by atoms with Crippen molar-refractivity contribution in [2.24, 2.45) is 11.8 Å². The molecular formula is C27H40N2O4. The van der Waals surface area contributed by atoms with Crippen molar-refractivity contribution in [1.29, 1.82) is 0 Å². The molecule has 1 amide bonds. The average Bonchev–Trinajstić information content (AvgIpc) is 3.34. The normalized spacial score (nSPS) is 28.5. The summed E-state index contributed by atoms with van der Waals surface area (Å²) in [5, 5.41) is 3.31. The molecule has 1 N–H and O–H groups in total. The van der Waals surface area contributed by atoms with Crippen LogP contribution in [0.4, 0.5) is 0 Å². The fraction of sp³-hybridized carbons (Fsp3) is 0.741. The summed E-state index contributed by atoms with van der Waals surface area (Å²) in [5.41, 5.74) is 1.33. The molecule has 6 heteroatoms. The van der Waals surface area contributed by atoms with E-state index in [0.717, 1.165) is 56.3 Å². The molecule has 1 aliphatic carbocycles. The highest BCUT2D eigenvalue weighted by molar-refractivity contribution is 5.76. The van der Waals surface area contributed by atoms with Gasteiger partial charge in [-0.1, -0.05) is 12.1 Å². The Labute approximate surface area is 198 Å². The van der Waals surface area contributed by atoms with Gasteiger partial charge in [-0.05, 0) is 101 Å². The molecule has 182 valence electrons. The zero-order chi connectivity index (χ0) is 22.5. The SMILES string of the molecule is O=C(C[C@H]1CCCOC1)NC1CCC(CCN2CCC(c3cccc4c3OCO4)CC2)CC1. The van der Waals surface area contributed by atoms with Gasteiger partial charge in [0.15, 0.2) is 11.5 Å². The number of nitrogens with zero attached hydrogens (tertiary/aromatic N) is 1. The van der Waals surface area contributed by atoms with Crippen LogP contribution in [0.5, 0.6) is 11.5 Å². The second-order valence-electron chi connectivity index (χ2n) is 10.6. The summed E-state index contributed by atoms with van der Waals surface area (Å²) in [6.07, 6.45) is 11.3. The van der Waals surface area contributed by atoms with Gasteiger partial charge in [-0.25, -0.2) is 0 Å². The summed E-state index contributed by atoms with van der Waals surface area (Å²) in [7, 11) is 0. The molecule has 6 nitrogen and oxygen atoms in total. The third kappa shape index (κ3) is 6.02. The van der Waals surface area contributed by atoms with Gasteiger partial charge in [0.05, 0.1) is 0 Å². The van der Waals surface area contributed by atoms with Gasteiger partial charge in [-0.3, -0.25) is 4.79 Å². The van der Waals surface area contributed by atoms with E-state index in [9.17, 15) is 4.79 Å². The number of fused-ring (bicyclic) bond motifs is 1. The number of nitrogens with one attached hydrogen (secondary N) is 1. The largest absolute Gasteiger partial charge is 0.454 e. The van der Waals surface area contributed by atoms with Crippen LogP contribution in [0.2, 0.25) is 0 Å². The van der Waals surface area contributed by atoms with E-state index in [2.05, 4.69) is 22.3 Å². The molecule has 5 rings (SSSR count). The molecule has 3 heterocycles. The van der Waals surface area contributed by atoms with Crippen molar-refractivity contribution in [2.45, 2.75) is 76.2 Å². The van der Waals surface area contributed by atoms with E-state index in [1.807, 2.05) is 6.07 Å². The third-order valence-corrected chi connectivity index (χ3v) is 8.25. The van der Waals surface area contributed by atoms with Crippen molar-refractivity contribution in [3.05, 3.63) is 23.8 Å². The van der Waals surface area contributed by atoms with E-state index >= 15 is 0 Å². The third-order valence-electron chi connectivity index (χ3n) is 8.25. The Bertz CT molecular complexity index is 778. The van der Waals surface area contributed by atoms with Gasteiger partial charge >= 0.3 is 0 Å². The smallest absolute Gasteiger partial charge is 0.231 e. The van der Waals surface area contributed by atoms with E-state index in [1.165, 1.54) is 57.3 Å². The van der Waals surface area contributed by atoms with Crippen molar-refractivity contribution in [3.63, 3.8) is 0 Å². The number of likely N-dealkylation sites (tertiary alicyclic amines) is 1. The van der Waals surface area contributed by atoms with Crippen molar-refractivity contribution < 1.29 is 19.0 Å². The van der Waals surface area contributed by atoms with Crippen molar-refractivity contribution in [1.82, 2.24) is 10.2 Å².